The lowest BCUT2D eigenvalue weighted by Crippen LogP contribution is -2.35. The lowest BCUT2D eigenvalue weighted by molar-refractivity contribution is -0.0302. The highest BCUT2D eigenvalue weighted by molar-refractivity contribution is 5.43. The van der Waals surface area contributed by atoms with Crippen LogP contribution in [0.3, 0.4) is 0 Å². The summed E-state index contributed by atoms with van der Waals surface area (Å²) in [5.41, 5.74) is 1.08. The maximum atomic E-state index is 10.1. The molecule has 1 heterocycles. The average Bonchev–Trinajstić information content (AvgIpc) is 2.99. The van der Waals surface area contributed by atoms with Gasteiger partial charge in [-0.05, 0) is 48.4 Å². The van der Waals surface area contributed by atoms with Crippen LogP contribution in [0.2, 0.25) is 0 Å². The summed E-state index contributed by atoms with van der Waals surface area (Å²) in [4.78, 5) is 0. The van der Waals surface area contributed by atoms with Gasteiger partial charge in [-0.25, -0.2) is 0 Å². The predicted molar refractivity (Wildman–Crippen MR) is 124 cm³/mol. The molecule has 0 saturated carbocycles. The minimum atomic E-state index is -0.0695. The Morgan fingerprint density at radius 2 is 1.81 bits per heavy atom. The molecule has 1 saturated heterocycles. The summed E-state index contributed by atoms with van der Waals surface area (Å²) in [5, 5.41) is 10.1. The standard InChI is InChI=1S/C26H36O6/c1-17-20(26(31-5)18-8-6-10-21(27)22(28-2)13-11-18)9-7-15-32-25(17)19-12-14-23(29-3)24(16-19)30-4/h6,8,11-14,16-18,20,25-27H,7,9-10,15H2,1-5H3/b8-6+,13-11-,22-21-/t17?,18?,20?,25-,26?/m0/s1. The third-order valence-electron chi connectivity index (χ3n) is 6.59. The van der Waals surface area contributed by atoms with Crippen LogP contribution >= 0.6 is 0 Å². The van der Waals surface area contributed by atoms with E-state index in [1.807, 2.05) is 24.3 Å². The van der Waals surface area contributed by atoms with E-state index in [0.29, 0.717) is 30.3 Å². The summed E-state index contributed by atoms with van der Waals surface area (Å²) in [6.45, 7) is 2.95. The van der Waals surface area contributed by atoms with Crippen LogP contribution in [0, 0.1) is 17.8 Å². The number of aliphatic hydroxyl groups excluding tert-OH is 1. The maximum absolute atomic E-state index is 10.1. The molecule has 0 radical (unpaired) electrons. The molecule has 176 valence electrons. The van der Waals surface area contributed by atoms with Gasteiger partial charge in [0.2, 0.25) is 0 Å². The van der Waals surface area contributed by atoms with Gasteiger partial charge in [-0.3, -0.25) is 0 Å². The first-order valence-corrected chi connectivity index (χ1v) is 11.2. The van der Waals surface area contributed by atoms with Gasteiger partial charge in [0, 0.05) is 26.1 Å². The minimum absolute atomic E-state index is 0.0276. The Labute approximate surface area is 191 Å². The van der Waals surface area contributed by atoms with Crippen molar-refractivity contribution in [3.05, 3.63) is 59.6 Å². The minimum Gasteiger partial charge on any atom is -0.508 e. The number of aliphatic hydroxyl groups is 1. The van der Waals surface area contributed by atoms with Gasteiger partial charge in [-0.1, -0.05) is 31.2 Å². The molecule has 3 rings (SSSR count). The summed E-state index contributed by atoms with van der Waals surface area (Å²) in [6.07, 6.45) is 10.3. The monoisotopic (exact) mass is 444 g/mol. The van der Waals surface area contributed by atoms with Crippen molar-refractivity contribution in [2.45, 2.75) is 38.4 Å². The van der Waals surface area contributed by atoms with Gasteiger partial charge in [-0.15, -0.1) is 0 Å². The molecule has 0 aromatic heterocycles. The van der Waals surface area contributed by atoms with E-state index < -0.39 is 0 Å². The van der Waals surface area contributed by atoms with Crippen molar-refractivity contribution >= 4 is 0 Å². The molecule has 1 aromatic carbocycles. The first-order chi connectivity index (χ1) is 15.5. The SMILES string of the molecule is COC1=C(\O)C/C=C/C(C(OC)C2CCCO[C@H](c3ccc(OC)c(OC)c3)C2C)/C=C\1. The highest BCUT2D eigenvalue weighted by atomic mass is 16.5. The van der Waals surface area contributed by atoms with Crippen LogP contribution in [-0.2, 0) is 14.2 Å². The highest BCUT2D eigenvalue weighted by Gasteiger charge is 2.38. The molecule has 1 fully saturated rings. The van der Waals surface area contributed by atoms with Gasteiger partial charge in [-0.2, -0.15) is 0 Å². The lowest BCUT2D eigenvalue weighted by atomic mass is 9.76. The zero-order valence-electron chi connectivity index (χ0n) is 19.7. The molecule has 6 nitrogen and oxygen atoms in total. The van der Waals surface area contributed by atoms with E-state index in [0.717, 1.165) is 18.4 Å². The Bertz CT molecular complexity index is 843. The fourth-order valence-electron chi connectivity index (χ4n) is 4.88. The number of allylic oxidation sites excluding steroid dienone is 2. The molecule has 0 amide bonds. The molecule has 1 aliphatic heterocycles. The predicted octanol–water partition coefficient (Wildman–Crippen LogP) is 5.37. The third-order valence-corrected chi connectivity index (χ3v) is 6.59. The first-order valence-electron chi connectivity index (χ1n) is 11.2. The Morgan fingerprint density at radius 3 is 2.50 bits per heavy atom. The number of benzene rings is 1. The summed E-state index contributed by atoms with van der Waals surface area (Å²) < 4.78 is 28.7. The molecule has 4 unspecified atom stereocenters. The molecule has 1 N–H and O–H groups in total. The van der Waals surface area contributed by atoms with Crippen LogP contribution < -0.4 is 9.47 Å². The van der Waals surface area contributed by atoms with E-state index in [1.165, 1.54) is 0 Å². The maximum Gasteiger partial charge on any atom is 0.161 e. The average molecular weight is 445 g/mol. The van der Waals surface area contributed by atoms with E-state index in [1.54, 1.807) is 28.4 Å². The van der Waals surface area contributed by atoms with Crippen molar-refractivity contribution in [1.29, 1.82) is 0 Å². The van der Waals surface area contributed by atoms with Crippen molar-refractivity contribution in [3.63, 3.8) is 0 Å². The topological polar surface area (TPSA) is 66.4 Å². The Kier molecular flexibility index (Phi) is 8.65. The van der Waals surface area contributed by atoms with Gasteiger partial charge in [0.15, 0.2) is 17.3 Å². The van der Waals surface area contributed by atoms with Crippen LogP contribution in [0.4, 0.5) is 0 Å². The van der Waals surface area contributed by atoms with Gasteiger partial charge >= 0.3 is 0 Å². The van der Waals surface area contributed by atoms with Crippen molar-refractivity contribution in [3.8, 4) is 11.5 Å². The van der Waals surface area contributed by atoms with Gasteiger partial charge < -0.3 is 28.8 Å². The molecule has 2 aliphatic rings. The molecular weight excluding hydrogens is 408 g/mol. The first kappa shape index (κ1) is 24.2. The van der Waals surface area contributed by atoms with Crippen molar-refractivity contribution in [2.24, 2.45) is 17.8 Å². The van der Waals surface area contributed by atoms with Crippen molar-refractivity contribution in [1.82, 2.24) is 0 Å². The Hall–Kier alpha value is -2.44. The van der Waals surface area contributed by atoms with Crippen LogP contribution in [0.5, 0.6) is 11.5 Å². The fraction of sp³-hybridized carbons (Fsp3) is 0.538. The molecule has 5 atom stereocenters. The zero-order chi connectivity index (χ0) is 23.1. The Balaban J connectivity index is 1.89. The second kappa shape index (κ2) is 11.4. The van der Waals surface area contributed by atoms with Gasteiger partial charge in [0.25, 0.3) is 0 Å². The second-order valence-electron chi connectivity index (χ2n) is 8.36. The molecule has 0 spiro atoms. The normalized spacial score (nSPS) is 31.5. The highest BCUT2D eigenvalue weighted by Crippen LogP contribution is 2.42. The largest absolute Gasteiger partial charge is 0.508 e. The van der Waals surface area contributed by atoms with Crippen LogP contribution in [0.25, 0.3) is 0 Å². The van der Waals surface area contributed by atoms with E-state index >= 15 is 0 Å². The molecule has 1 aliphatic carbocycles. The molecule has 32 heavy (non-hydrogen) atoms. The fourth-order valence-corrected chi connectivity index (χ4v) is 4.88. The van der Waals surface area contributed by atoms with E-state index in [9.17, 15) is 5.11 Å². The van der Waals surface area contributed by atoms with Gasteiger partial charge in [0.1, 0.15) is 5.76 Å². The van der Waals surface area contributed by atoms with E-state index in [2.05, 4.69) is 25.1 Å². The van der Waals surface area contributed by atoms with E-state index in [-0.39, 0.29) is 35.7 Å². The summed E-state index contributed by atoms with van der Waals surface area (Å²) >= 11 is 0. The summed E-state index contributed by atoms with van der Waals surface area (Å²) in [6, 6.07) is 6.00. The molecule has 1 aromatic rings. The van der Waals surface area contributed by atoms with Crippen LogP contribution in [0.15, 0.2) is 54.0 Å². The van der Waals surface area contributed by atoms with Crippen molar-refractivity contribution < 1.29 is 28.8 Å². The summed E-state index contributed by atoms with van der Waals surface area (Å²) in [7, 11) is 6.64. The molecular formula is C26H36O6. The number of methoxy groups -OCH3 is 4. The summed E-state index contributed by atoms with van der Waals surface area (Å²) in [5.74, 6) is 2.71. The third kappa shape index (κ3) is 5.30. The Morgan fingerprint density at radius 1 is 1.03 bits per heavy atom. The quantitative estimate of drug-likeness (QED) is 0.570. The van der Waals surface area contributed by atoms with E-state index in [4.69, 9.17) is 23.7 Å². The number of rotatable bonds is 7. The lowest BCUT2D eigenvalue weighted by Gasteiger charge is -2.36. The molecule has 0 bridgehead atoms. The molecule has 6 heteroatoms. The number of hydrogen-bond acceptors (Lipinski definition) is 6. The van der Waals surface area contributed by atoms with Crippen LogP contribution in [-0.4, -0.2) is 46.3 Å². The van der Waals surface area contributed by atoms with Crippen molar-refractivity contribution in [2.75, 3.05) is 35.0 Å². The van der Waals surface area contributed by atoms with Crippen LogP contribution in [0.1, 0.15) is 37.9 Å². The smallest absolute Gasteiger partial charge is 0.161 e. The zero-order valence-corrected chi connectivity index (χ0v) is 19.7. The second-order valence-corrected chi connectivity index (χ2v) is 8.36. The number of ether oxygens (including phenoxy) is 5. The van der Waals surface area contributed by atoms with Gasteiger partial charge in [0.05, 0.1) is 33.5 Å². The number of hydrogen-bond donors (Lipinski definition) is 1.